The second-order valence-electron chi connectivity index (χ2n) is 3.24. The molecule has 0 amide bonds. The summed E-state index contributed by atoms with van der Waals surface area (Å²) in [7, 11) is 1.85. The van der Waals surface area contributed by atoms with Gasteiger partial charge in [-0.15, -0.1) is 11.3 Å². The van der Waals surface area contributed by atoms with Gasteiger partial charge >= 0.3 is 0 Å². The highest BCUT2D eigenvalue weighted by Gasteiger charge is 2.09. The van der Waals surface area contributed by atoms with E-state index in [0.29, 0.717) is 0 Å². The maximum Gasteiger partial charge on any atom is 0.170 e. The zero-order chi connectivity index (χ0) is 11.7. The van der Waals surface area contributed by atoms with Gasteiger partial charge in [-0.1, -0.05) is 0 Å². The van der Waals surface area contributed by atoms with E-state index in [1.54, 1.807) is 23.7 Å². The number of hydrogen-bond acceptors (Lipinski definition) is 6. The molecule has 1 N–H and O–H groups in total. The molecule has 3 aromatic heterocycles. The van der Waals surface area contributed by atoms with Gasteiger partial charge in [0.2, 0.25) is 0 Å². The zero-order valence-electron chi connectivity index (χ0n) is 8.99. The van der Waals surface area contributed by atoms with Crippen molar-refractivity contribution >= 4 is 34.6 Å². The predicted molar refractivity (Wildman–Crippen MR) is 68.8 cm³/mol. The molecule has 7 heteroatoms. The number of nitrogens with zero attached hydrogens (tertiary/aromatic N) is 4. The summed E-state index contributed by atoms with van der Waals surface area (Å²) >= 11 is 3.13. The molecule has 0 aromatic carbocycles. The molecule has 0 bridgehead atoms. The normalized spacial score (nSPS) is 10.9. The van der Waals surface area contributed by atoms with Crippen LogP contribution in [0.3, 0.4) is 0 Å². The summed E-state index contributed by atoms with van der Waals surface area (Å²) in [6.07, 6.45) is 7.37. The highest BCUT2D eigenvalue weighted by atomic mass is 32.2. The molecule has 0 unspecified atom stereocenters. The van der Waals surface area contributed by atoms with Crippen molar-refractivity contribution in [1.29, 1.82) is 0 Å². The Morgan fingerprint density at radius 3 is 3.06 bits per heavy atom. The monoisotopic (exact) mass is 263 g/mol. The van der Waals surface area contributed by atoms with E-state index in [2.05, 4.69) is 20.3 Å². The lowest BCUT2D eigenvalue weighted by atomic mass is 10.6. The van der Waals surface area contributed by atoms with Crippen LogP contribution in [0.15, 0.2) is 39.5 Å². The van der Waals surface area contributed by atoms with E-state index in [-0.39, 0.29) is 0 Å². The summed E-state index contributed by atoms with van der Waals surface area (Å²) in [5, 5.41) is 5.85. The summed E-state index contributed by atoms with van der Waals surface area (Å²) in [5.74, 6) is 0.814. The van der Waals surface area contributed by atoms with Crippen LogP contribution in [0.25, 0.3) is 5.65 Å². The molecule has 86 valence electrons. The van der Waals surface area contributed by atoms with Gasteiger partial charge in [0.05, 0.1) is 6.20 Å². The number of aromatic nitrogens is 4. The Balaban J connectivity index is 2.10. The lowest BCUT2D eigenvalue weighted by molar-refractivity contribution is 1.03. The van der Waals surface area contributed by atoms with Gasteiger partial charge in [-0.2, -0.15) is 0 Å². The molecule has 0 saturated carbocycles. The van der Waals surface area contributed by atoms with Crippen molar-refractivity contribution in [1.82, 2.24) is 19.4 Å². The fraction of sp³-hybridized carbons (Fsp3) is 0.100. The molecule has 0 aliphatic rings. The van der Waals surface area contributed by atoms with Crippen LogP contribution in [0.1, 0.15) is 0 Å². The van der Waals surface area contributed by atoms with Crippen LogP contribution in [0.4, 0.5) is 5.82 Å². The molecule has 0 spiro atoms. The van der Waals surface area contributed by atoms with E-state index in [0.717, 1.165) is 20.8 Å². The number of hydrogen-bond donors (Lipinski definition) is 1. The molecule has 0 saturated heterocycles. The molecule has 3 rings (SSSR count). The first-order chi connectivity index (χ1) is 8.36. The van der Waals surface area contributed by atoms with Gasteiger partial charge in [0.15, 0.2) is 9.99 Å². The highest BCUT2D eigenvalue weighted by molar-refractivity contribution is 8.01. The fourth-order valence-electron chi connectivity index (χ4n) is 1.44. The first-order valence-electron chi connectivity index (χ1n) is 4.95. The Hall–Kier alpha value is -1.60. The third kappa shape index (κ3) is 1.98. The second-order valence-corrected chi connectivity index (χ2v) is 5.37. The SMILES string of the molecule is CNc1cn2ccnc2c(Sc2nccs2)n1. The number of rotatable bonds is 3. The number of imidazole rings is 1. The van der Waals surface area contributed by atoms with E-state index in [4.69, 9.17) is 0 Å². The molecule has 0 fully saturated rings. The van der Waals surface area contributed by atoms with Gasteiger partial charge in [0, 0.05) is 31.0 Å². The first-order valence-corrected chi connectivity index (χ1v) is 6.65. The van der Waals surface area contributed by atoms with E-state index >= 15 is 0 Å². The zero-order valence-corrected chi connectivity index (χ0v) is 10.6. The Morgan fingerprint density at radius 2 is 2.29 bits per heavy atom. The number of nitrogens with one attached hydrogen (secondary N) is 1. The quantitative estimate of drug-likeness (QED) is 0.786. The van der Waals surface area contributed by atoms with Crippen LogP contribution in [0.5, 0.6) is 0 Å². The molecule has 0 atom stereocenters. The average molecular weight is 263 g/mol. The van der Waals surface area contributed by atoms with Gasteiger partial charge in [-0.05, 0) is 11.8 Å². The van der Waals surface area contributed by atoms with Crippen molar-refractivity contribution < 1.29 is 0 Å². The van der Waals surface area contributed by atoms with Crippen molar-refractivity contribution in [3.8, 4) is 0 Å². The Labute approximate surface area is 106 Å². The average Bonchev–Trinajstić information content (AvgIpc) is 2.98. The van der Waals surface area contributed by atoms with Gasteiger partial charge in [0.1, 0.15) is 10.8 Å². The molecule has 5 nitrogen and oxygen atoms in total. The smallest absolute Gasteiger partial charge is 0.170 e. The Morgan fingerprint density at radius 1 is 1.35 bits per heavy atom. The summed E-state index contributed by atoms with van der Waals surface area (Å²) in [5.41, 5.74) is 0.851. The number of thiazole rings is 1. The molecular formula is C10H9N5S2. The lowest BCUT2D eigenvalue weighted by Gasteiger charge is -2.04. The minimum Gasteiger partial charge on any atom is -0.372 e. The standard InChI is InChI=1S/C10H9N5S2/c1-11-7-6-15-4-2-12-8(15)9(14-7)17-10-13-3-5-16-10/h2-6,11H,1H3. The topological polar surface area (TPSA) is 55.1 Å². The van der Waals surface area contributed by atoms with Crippen LogP contribution in [0, 0.1) is 0 Å². The minimum atomic E-state index is 0.814. The number of anilines is 1. The van der Waals surface area contributed by atoms with E-state index in [9.17, 15) is 0 Å². The molecule has 3 aromatic rings. The van der Waals surface area contributed by atoms with Crippen molar-refractivity contribution in [2.75, 3.05) is 12.4 Å². The molecular weight excluding hydrogens is 254 g/mol. The minimum absolute atomic E-state index is 0.814. The van der Waals surface area contributed by atoms with Gasteiger partial charge in [-0.3, -0.25) is 0 Å². The molecule has 0 aliphatic heterocycles. The maximum atomic E-state index is 4.50. The van der Waals surface area contributed by atoms with Crippen LogP contribution in [-0.2, 0) is 0 Å². The van der Waals surface area contributed by atoms with Crippen molar-refractivity contribution in [2.45, 2.75) is 9.37 Å². The highest BCUT2D eigenvalue weighted by Crippen LogP contribution is 2.30. The van der Waals surface area contributed by atoms with Crippen molar-refractivity contribution in [3.05, 3.63) is 30.2 Å². The molecule has 3 heterocycles. The van der Waals surface area contributed by atoms with Gasteiger partial charge < -0.3 is 9.72 Å². The lowest BCUT2D eigenvalue weighted by Crippen LogP contribution is -1.98. The van der Waals surface area contributed by atoms with Crippen LogP contribution >= 0.6 is 23.1 Å². The third-order valence-electron chi connectivity index (χ3n) is 2.19. The van der Waals surface area contributed by atoms with E-state index < -0.39 is 0 Å². The molecule has 0 radical (unpaired) electrons. The van der Waals surface area contributed by atoms with Crippen LogP contribution < -0.4 is 5.32 Å². The summed E-state index contributed by atoms with van der Waals surface area (Å²) < 4.78 is 2.92. The Kier molecular flexibility index (Phi) is 2.69. The molecule has 17 heavy (non-hydrogen) atoms. The number of fused-ring (bicyclic) bond motifs is 1. The van der Waals surface area contributed by atoms with Gasteiger partial charge in [-0.25, -0.2) is 15.0 Å². The van der Waals surface area contributed by atoms with Crippen LogP contribution in [0.2, 0.25) is 0 Å². The van der Waals surface area contributed by atoms with E-state index in [1.165, 1.54) is 11.8 Å². The Bertz CT molecular complexity index is 631. The summed E-state index contributed by atoms with van der Waals surface area (Å²) in [6.45, 7) is 0. The second kappa shape index (κ2) is 4.34. The first kappa shape index (κ1) is 10.5. The van der Waals surface area contributed by atoms with Crippen LogP contribution in [-0.4, -0.2) is 26.4 Å². The van der Waals surface area contributed by atoms with Crippen molar-refractivity contribution in [3.63, 3.8) is 0 Å². The van der Waals surface area contributed by atoms with Crippen molar-refractivity contribution in [2.24, 2.45) is 0 Å². The summed E-state index contributed by atoms with van der Waals surface area (Å²) in [6, 6.07) is 0. The largest absolute Gasteiger partial charge is 0.372 e. The maximum absolute atomic E-state index is 4.50. The summed E-state index contributed by atoms with van der Waals surface area (Å²) in [4.78, 5) is 13.0. The third-order valence-corrected chi connectivity index (χ3v) is 4.04. The van der Waals surface area contributed by atoms with E-state index in [1.807, 2.05) is 29.2 Å². The van der Waals surface area contributed by atoms with Gasteiger partial charge in [0.25, 0.3) is 0 Å². The predicted octanol–water partition coefficient (Wildman–Crippen LogP) is 2.38. The fourth-order valence-corrected chi connectivity index (χ4v) is 3.06. The molecule has 0 aliphatic carbocycles.